The molecule has 7 rings (SSSR count). The zero-order valence-corrected chi connectivity index (χ0v) is 38.8. The van der Waals surface area contributed by atoms with Gasteiger partial charge in [-0.25, -0.2) is 9.37 Å². The quantitative estimate of drug-likeness (QED) is 0.0861. The highest BCUT2D eigenvalue weighted by Crippen LogP contribution is 2.34. The van der Waals surface area contributed by atoms with Crippen molar-refractivity contribution in [3.05, 3.63) is 95.9 Å². The molecule has 2 saturated heterocycles. The number of nitrogens with zero attached hydrogens (tertiary/aromatic N) is 6. The number of alkyl halides is 1. The number of hydrogen-bond acceptors (Lipinski definition) is 10. The molecule has 5 atom stereocenters. The number of carbonyl (C=O) groups is 4. The third-order valence-electron chi connectivity index (χ3n) is 12.5. The van der Waals surface area contributed by atoms with Crippen LogP contribution in [0.5, 0.6) is 5.75 Å². The predicted octanol–water partition coefficient (Wildman–Crippen LogP) is 6.42. The van der Waals surface area contributed by atoms with Crippen LogP contribution in [0.25, 0.3) is 22.6 Å². The van der Waals surface area contributed by atoms with Crippen LogP contribution < -0.4 is 25.6 Å². The van der Waals surface area contributed by atoms with Crippen molar-refractivity contribution in [2.75, 3.05) is 43.7 Å². The van der Waals surface area contributed by atoms with E-state index in [2.05, 4.69) is 48.1 Å². The van der Waals surface area contributed by atoms with Gasteiger partial charge in [0.25, 0.3) is 5.91 Å². The van der Waals surface area contributed by atoms with E-state index in [0.29, 0.717) is 61.5 Å². The zero-order chi connectivity index (χ0) is 47.1. The van der Waals surface area contributed by atoms with E-state index in [9.17, 15) is 23.6 Å². The first kappa shape index (κ1) is 47.3. The van der Waals surface area contributed by atoms with E-state index in [1.165, 1.54) is 4.90 Å². The fourth-order valence-corrected chi connectivity index (χ4v) is 8.73. The van der Waals surface area contributed by atoms with Crippen molar-refractivity contribution in [3.63, 3.8) is 0 Å². The molecule has 0 saturated carbocycles. The lowest BCUT2D eigenvalue weighted by atomic mass is 9.85. The molecule has 5 aromatic rings. The average Bonchev–Trinajstić information content (AvgIpc) is 4.11. The summed E-state index contributed by atoms with van der Waals surface area (Å²) in [6, 6.07) is 19.4. The summed E-state index contributed by atoms with van der Waals surface area (Å²) < 4.78 is 28.0. The molecule has 0 radical (unpaired) electrons. The number of aryl methyl sites for hydroxylation is 2. The number of benzene rings is 2. The van der Waals surface area contributed by atoms with Crippen LogP contribution >= 0.6 is 0 Å². The number of halogens is 1. The normalized spacial score (nSPS) is 18.4. The van der Waals surface area contributed by atoms with Gasteiger partial charge in [0.15, 0.2) is 0 Å². The van der Waals surface area contributed by atoms with Crippen LogP contribution in [-0.2, 0) is 32.6 Å². The van der Waals surface area contributed by atoms with Gasteiger partial charge >= 0.3 is 0 Å². The first-order valence-electron chi connectivity index (χ1n) is 22.6. The largest absolute Gasteiger partial charge is 0.494 e. The van der Waals surface area contributed by atoms with Gasteiger partial charge in [-0.05, 0) is 92.0 Å². The summed E-state index contributed by atoms with van der Waals surface area (Å²) in [5.74, 6) is -1.11. The number of nitrogens with one attached hydrogen (secondary N) is 4. The maximum absolute atomic E-state index is 14.4. The smallest absolute Gasteiger partial charge is 0.274 e. The molecule has 0 bridgehead atoms. The SMILES string of the molecule is CCc1cc(-c2cccc(C(=O)Nc3ccc(N4CC[C@H](OCC(=O)N[C@H](C(=O)N5CCC[C@H]5C(=O)N[C@H](CF)c5ccc(-c6ccnn6C)cc5)C(C)(C)C)C[C@@H]4C)cc3OC)n2)[nH]n1. The Kier molecular flexibility index (Phi) is 14.8. The van der Waals surface area contributed by atoms with Crippen LogP contribution in [0.1, 0.15) is 88.1 Å². The van der Waals surface area contributed by atoms with Crippen molar-refractivity contribution in [3.8, 4) is 28.4 Å². The van der Waals surface area contributed by atoms with Crippen LogP contribution in [0.2, 0.25) is 0 Å². The standard InChI is InChI=1S/C49H61FN10O6/c1-8-33-26-39(57-56-33)36-11-9-12-38(52-36)46(62)53-37-19-18-34(27-43(37)65-7)59-24-21-35(25-30(59)2)66-29-44(61)55-45(49(3,4)5)48(64)60-23-10-13-42(60)47(63)54-40(28-50)31-14-16-32(17-15-31)41-20-22-51-58(41)6/h9,11-12,14-20,22,26-27,30,35,40,42,45H,8,10,13,21,23-25,28-29H2,1-7H3,(H,53,62)(H,54,63)(H,55,61)(H,56,57)/t30-,35-,40+,42-,45+/m0/s1. The van der Waals surface area contributed by atoms with Gasteiger partial charge in [-0.1, -0.05) is 58.0 Å². The molecular formula is C49H61FN10O6. The molecule has 2 aliphatic rings. The molecule has 350 valence electrons. The van der Waals surface area contributed by atoms with Gasteiger partial charge in [0.2, 0.25) is 17.7 Å². The summed E-state index contributed by atoms with van der Waals surface area (Å²) in [7, 11) is 3.40. The maximum Gasteiger partial charge on any atom is 0.274 e. The molecule has 2 aromatic carbocycles. The number of pyridine rings is 1. The zero-order valence-electron chi connectivity index (χ0n) is 38.8. The number of ether oxygens (including phenoxy) is 2. The predicted molar refractivity (Wildman–Crippen MR) is 250 cm³/mol. The summed E-state index contributed by atoms with van der Waals surface area (Å²) in [4.78, 5) is 63.0. The molecule has 4 N–H and O–H groups in total. The van der Waals surface area contributed by atoms with E-state index < -0.39 is 42.0 Å². The van der Waals surface area contributed by atoms with Gasteiger partial charge in [-0.15, -0.1) is 0 Å². The number of likely N-dealkylation sites (tertiary alicyclic amines) is 1. The fraction of sp³-hybridized carbons (Fsp3) is 0.449. The molecule has 0 aliphatic carbocycles. The first-order chi connectivity index (χ1) is 31.7. The molecular weight excluding hydrogens is 844 g/mol. The van der Waals surface area contributed by atoms with E-state index in [4.69, 9.17) is 9.47 Å². The lowest BCUT2D eigenvalue weighted by molar-refractivity contribution is -0.145. The van der Waals surface area contributed by atoms with Crippen LogP contribution in [0, 0.1) is 5.41 Å². The molecule has 16 nitrogen and oxygen atoms in total. The van der Waals surface area contributed by atoms with Gasteiger partial charge in [-0.3, -0.25) is 29.0 Å². The molecule has 17 heteroatoms. The third-order valence-corrected chi connectivity index (χ3v) is 12.5. The van der Waals surface area contributed by atoms with Gasteiger partial charge in [0.05, 0.1) is 47.7 Å². The van der Waals surface area contributed by atoms with E-state index in [-0.39, 0.29) is 36.3 Å². The number of anilines is 2. The number of H-pyrrole nitrogens is 1. The molecule has 5 heterocycles. The van der Waals surface area contributed by atoms with Gasteiger partial charge in [0.1, 0.15) is 36.8 Å². The van der Waals surface area contributed by atoms with E-state index in [1.807, 2.05) is 83.3 Å². The minimum absolute atomic E-state index is 0.0461. The molecule has 4 amide bonds. The number of carbonyl (C=O) groups excluding carboxylic acids is 4. The Labute approximate surface area is 385 Å². The lowest BCUT2D eigenvalue weighted by Gasteiger charge is -2.39. The van der Waals surface area contributed by atoms with Crippen LogP contribution in [-0.4, -0.2) is 111 Å². The van der Waals surface area contributed by atoms with Gasteiger partial charge in [0, 0.05) is 44.1 Å². The van der Waals surface area contributed by atoms with E-state index in [1.54, 1.807) is 42.3 Å². The van der Waals surface area contributed by atoms with Crippen LogP contribution in [0.3, 0.4) is 0 Å². The molecule has 3 aromatic heterocycles. The minimum atomic E-state index is -0.931. The van der Waals surface area contributed by atoms with Crippen molar-refractivity contribution in [1.29, 1.82) is 0 Å². The van der Waals surface area contributed by atoms with Crippen molar-refractivity contribution >= 4 is 35.0 Å². The topological polar surface area (TPSA) is 189 Å². The van der Waals surface area contributed by atoms with E-state index in [0.717, 1.165) is 34.8 Å². The average molecular weight is 905 g/mol. The second-order valence-electron chi connectivity index (χ2n) is 18.1. The monoisotopic (exact) mass is 904 g/mol. The second kappa shape index (κ2) is 20.7. The molecule has 2 fully saturated rings. The Bertz CT molecular complexity index is 2500. The number of rotatable bonds is 16. The molecule has 2 aliphatic heterocycles. The highest BCUT2D eigenvalue weighted by atomic mass is 19.1. The Morgan fingerprint density at radius 2 is 1.77 bits per heavy atom. The minimum Gasteiger partial charge on any atom is -0.494 e. The van der Waals surface area contributed by atoms with Crippen LogP contribution in [0.15, 0.2) is 79.0 Å². The summed E-state index contributed by atoms with van der Waals surface area (Å²) in [6.07, 6.45) is 4.60. The summed E-state index contributed by atoms with van der Waals surface area (Å²) in [5.41, 5.74) is 5.67. The summed E-state index contributed by atoms with van der Waals surface area (Å²) >= 11 is 0. The number of hydrogen-bond donors (Lipinski definition) is 4. The maximum atomic E-state index is 14.4. The Morgan fingerprint density at radius 1 is 0.985 bits per heavy atom. The molecule has 0 spiro atoms. The van der Waals surface area contributed by atoms with Gasteiger partial charge in [-0.2, -0.15) is 10.2 Å². The number of piperidine rings is 1. The number of methoxy groups -OCH3 is 1. The number of aromatic nitrogens is 5. The summed E-state index contributed by atoms with van der Waals surface area (Å²) in [6.45, 7) is 9.64. The summed E-state index contributed by atoms with van der Waals surface area (Å²) in [5, 5.41) is 20.1. The second-order valence-corrected chi connectivity index (χ2v) is 18.1. The molecule has 66 heavy (non-hydrogen) atoms. The highest BCUT2D eigenvalue weighted by Gasteiger charge is 2.42. The Balaban J connectivity index is 0.908. The number of aromatic amines is 1. The van der Waals surface area contributed by atoms with Crippen molar-refractivity contribution in [2.24, 2.45) is 12.5 Å². The lowest BCUT2D eigenvalue weighted by Crippen LogP contribution is -2.58. The van der Waals surface area contributed by atoms with Gasteiger partial charge < -0.3 is 35.2 Å². The van der Waals surface area contributed by atoms with Crippen molar-refractivity contribution in [2.45, 2.75) is 97.0 Å². The van der Waals surface area contributed by atoms with Crippen LogP contribution in [0.4, 0.5) is 15.8 Å². The molecule has 0 unspecified atom stereocenters. The van der Waals surface area contributed by atoms with Crippen molar-refractivity contribution < 1.29 is 33.0 Å². The van der Waals surface area contributed by atoms with Crippen molar-refractivity contribution in [1.82, 2.24) is 40.5 Å². The highest BCUT2D eigenvalue weighted by molar-refractivity contribution is 6.04. The third kappa shape index (κ3) is 10.9. The van der Waals surface area contributed by atoms with E-state index >= 15 is 0 Å². The number of amides is 4. The fourth-order valence-electron chi connectivity index (χ4n) is 8.73. The Hall–Kier alpha value is -6.62. The Morgan fingerprint density at radius 3 is 2.44 bits per heavy atom. The first-order valence-corrected chi connectivity index (χ1v) is 22.6.